The number of rotatable bonds is 6. The minimum atomic E-state index is -0.615. The third kappa shape index (κ3) is 4.49. The summed E-state index contributed by atoms with van der Waals surface area (Å²) in [6.07, 6.45) is 0. The van der Waals surface area contributed by atoms with Crippen LogP contribution >= 0.6 is 23.4 Å². The molecule has 0 saturated carbocycles. The molecule has 164 valence electrons. The number of hydrogen-bond acceptors (Lipinski definition) is 6. The molecule has 0 aliphatic heterocycles. The Morgan fingerprint density at radius 3 is 2.50 bits per heavy atom. The third-order valence-electron chi connectivity index (χ3n) is 4.85. The summed E-state index contributed by atoms with van der Waals surface area (Å²) in [5, 5.41) is 16.1. The van der Waals surface area contributed by atoms with E-state index in [1.807, 2.05) is 69.3 Å². The maximum atomic E-state index is 13.3. The number of nitrogens with zero attached hydrogens (tertiary/aromatic N) is 5. The Morgan fingerprint density at radius 2 is 1.84 bits per heavy atom. The number of carbonyl (C=O) groups excluding carboxylic acids is 1. The third-order valence-corrected chi connectivity index (χ3v) is 6.47. The molecule has 8 nitrogen and oxygen atoms in total. The van der Waals surface area contributed by atoms with Crippen molar-refractivity contribution in [2.45, 2.75) is 31.2 Å². The van der Waals surface area contributed by atoms with Gasteiger partial charge in [-0.2, -0.15) is 5.10 Å². The van der Waals surface area contributed by atoms with Crippen molar-refractivity contribution >= 4 is 35.0 Å². The number of nitrogen functional groups attached to an aromatic ring is 1. The molecule has 32 heavy (non-hydrogen) atoms. The van der Waals surface area contributed by atoms with Crippen LogP contribution in [0.1, 0.15) is 27.8 Å². The molecule has 0 spiro atoms. The van der Waals surface area contributed by atoms with Gasteiger partial charge < -0.3 is 11.2 Å². The monoisotopic (exact) mass is 467 g/mol. The quantitative estimate of drug-likeness (QED) is 0.325. The summed E-state index contributed by atoms with van der Waals surface area (Å²) in [4.78, 5) is 13.3. The van der Waals surface area contributed by atoms with Crippen LogP contribution < -0.4 is 11.2 Å². The predicted octanol–water partition coefficient (Wildman–Crippen LogP) is 4.23. The number of benzene rings is 2. The molecule has 3 N–H and O–H groups in total. The van der Waals surface area contributed by atoms with Crippen molar-refractivity contribution < 1.29 is 4.79 Å². The number of thioether (sulfide) groups is 1. The summed E-state index contributed by atoms with van der Waals surface area (Å²) >= 11 is 7.43. The zero-order valence-electron chi connectivity index (χ0n) is 17.8. The molecule has 2 aromatic heterocycles. The van der Waals surface area contributed by atoms with Crippen LogP contribution in [0.4, 0.5) is 5.69 Å². The second-order valence-electron chi connectivity index (χ2n) is 7.35. The Morgan fingerprint density at radius 1 is 1.09 bits per heavy atom. The largest absolute Gasteiger partial charge is 0.334 e. The number of nitrogens with two attached hydrogens (primary N) is 1. The van der Waals surface area contributed by atoms with E-state index in [4.69, 9.17) is 17.4 Å². The van der Waals surface area contributed by atoms with Gasteiger partial charge in [-0.25, -0.2) is 9.36 Å². The lowest BCUT2D eigenvalue weighted by Crippen LogP contribution is -2.21. The van der Waals surface area contributed by atoms with E-state index < -0.39 is 5.25 Å². The van der Waals surface area contributed by atoms with Gasteiger partial charge in [-0.05, 0) is 50.1 Å². The first kappa shape index (κ1) is 21.9. The Hall–Kier alpha value is -3.30. The van der Waals surface area contributed by atoms with Gasteiger partial charge in [-0.15, -0.1) is 10.2 Å². The SMILES string of the molecule is Cc1cc(C)n(-c2nnc(S[C@H](C(=O)Nc3ccc(C)c(Cl)c3)c3ccccc3)n2N)n1. The number of anilines is 1. The van der Waals surface area contributed by atoms with Gasteiger partial charge in [0, 0.05) is 16.4 Å². The van der Waals surface area contributed by atoms with Crippen molar-refractivity contribution in [2.75, 3.05) is 11.2 Å². The molecule has 0 aliphatic carbocycles. The van der Waals surface area contributed by atoms with E-state index in [-0.39, 0.29) is 5.91 Å². The van der Waals surface area contributed by atoms with Crippen LogP contribution in [0.2, 0.25) is 5.02 Å². The van der Waals surface area contributed by atoms with E-state index in [9.17, 15) is 4.79 Å². The first-order valence-electron chi connectivity index (χ1n) is 9.86. The molecule has 0 unspecified atom stereocenters. The number of aromatic nitrogens is 5. The van der Waals surface area contributed by atoms with Gasteiger partial charge in [-0.1, -0.05) is 59.8 Å². The van der Waals surface area contributed by atoms with Crippen molar-refractivity contribution in [1.29, 1.82) is 0 Å². The molecule has 0 fully saturated rings. The van der Waals surface area contributed by atoms with Gasteiger partial charge in [0.2, 0.25) is 11.1 Å². The molecular weight excluding hydrogens is 446 g/mol. The van der Waals surface area contributed by atoms with Gasteiger partial charge in [0.25, 0.3) is 5.95 Å². The molecule has 10 heteroatoms. The highest BCUT2D eigenvalue weighted by Gasteiger charge is 2.26. The van der Waals surface area contributed by atoms with Crippen LogP contribution in [0.3, 0.4) is 0 Å². The second kappa shape index (κ2) is 9.05. The maximum Gasteiger partial charge on any atom is 0.271 e. The molecule has 0 radical (unpaired) electrons. The summed E-state index contributed by atoms with van der Waals surface area (Å²) < 4.78 is 2.97. The van der Waals surface area contributed by atoms with Gasteiger partial charge in [0.1, 0.15) is 5.25 Å². The highest BCUT2D eigenvalue weighted by Crippen LogP contribution is 2.35. The lowest BCUT2D eigenvalue weighted by atomic mass is 10.1. The molecule has 4 aromatic rings. The average Bonchev–Trinajstić information content (AvgIpc) is 3.29. The molecular formula is C22H22ClN7OS. The zero-order chi connectivity index (χ0) is 22.8. The van der Waals surface area contributed by atoms with E-state index in [0.717, 1.165) is 22.5 Å². The van der Waals surface area contributed by atoms with Crippen molar-refractivity contribution in [3.8, 4) is 5.95 Å². The Labute approximate surface area is 194 Å². The number of hydrogen-bond donors (Lipinski definition) is 2. The van der Waals surface area contributed by atoms with E-state index in [0.29, 0.717) is 21.8 Å². The normalized spacial score (nSPS) is 12.0. The molecule has 0 bridgehead atoms. The predicted molar refractivity (Wildman–Crippen MR) is 127 cm³/mol. The first-order chi connectivity index (χ1) is 15.3. The molecule has 0 saturated heterocycles. The standard InChI is InChI=1S/C22H22ClN7OS/c1-13-9-10-17(12-18(13)23)25-20(31)19(16-7-5-4-6-8-16)32-22-27-26-21(29(22)24)30-15(3)11-14(2)28-30/h4-12,19H,24H2,1-3H3,(H,25,31)/t19-/m0/s1. The summed E-state index contributed by atoms with van der Waals surface area (Å²) in [5.41, 5.74) is 4.09. The molecule has 2 heterocycles. The van der Waals surface area contributed by atoms with Gasteiger partial charge in [0.15, 0.2) is 0 Å². The highest BCUT2D eigenvalue weighted by molar-refractivity contribution is 8.00. The van der Waals surface area contributed by atoms with Crippen molar-refractivity contribution in [3.05, 3.63) is 82.1 Å². The fraction of sp³-hybridized carbons (Fsp3) is 0.182. The van der Waals surface area contributed by atoms with E-state index in [2.05, 4.69) is 20.6 Å². The minimum Gasteiger partial charge on any atom is -0.334 e. The first-order valence-corrected chi connectivity index (χ1v) is 11.1. The van der Waals surface area contributed by atoms with Crippen LogP contribution in [0, 0.1) is 20.8 Å². The van der Waals surface area contributed by atoms with Crippen LogP contribution in [-0.4, -0.2) is 30.6 Å². The summed E-state index contributed by atoms with van der Waals surface area (Å²) in [6.45, 7) is 5.71. The molecule has 0 aliphatic rings. The second-order valence-corrected chi connectivity index (χ2v) is 8.83. The highest BCUT2D eigenvalue weighted by atomic mass is 35.5. The topological polar surface area (TPSA) is 104 Å². The van der Waals surface area contributed by atoms with Crippen molar-refractivity contribution in [1.82, 2.24) is 24.7 Å². The number of nitrogens with one attached hydrogen (secondary N) is 1. The Kier molecular flexibility index (Phi) is 6.20. The summed E-state index contributed by atoms with van der Waals surface area (Å²) in [7, 11) is 0. The molecule has 2 aromatic carbocycles. The van der Waals surface area contributed by atoms with Gasteiger partial charge in [-0.3, -0.25) is 4.79 Å². The Balaban J connectivity index is 1.64. The number of halogens is 1. The number of amides is 1. The van der Waals surface area contributed by atoms with Gasteiger partial charge >= 0.3 is 0 Å². The van der Waals surface area contributed by atoms with Crippen molar-refractivity contribution in [2.24, 2.45) is 0 Å². The summed E-state index contributed by atoms with van der Waals surface area (Å²) in [5.74, 6) is 6.44. The molecule has 1 atom stereocenters. The van der Waals surface area contributed by atoms with E-state index in [1.54, 1.807) is 10.7 Å². The van der Waals surface area contributed by atoms with Crippen LogP contribution in [0.5, 0.6) is 0 Å². The number of aryl methyl sites for hydroxylation is 3. The minimum absolute atomic E-state index is 0.225. The summed E-state index contributed by atoms with van der Waals surface area (Å²) in [6, 6.07) is 16.8. The smallest absolute Gasteiger partial charge is 0.271 e. The molecule has 1 amide bonds. The van der Waals surface area contributed by atoms with Crippen LogP contribution in [-0.2, 0) is 4.79 Å². The number of carbonyl (C=O) groups is 1. The van der Waals surface area contributed by atoms with E-state index >= 15 is 0 Å². The zero-order valence-corrected chi connectivity index (χ0v) is 19.4. The fourth-order valence-electron chi connectivity index (χ4n) is 3.21. The average molecular weight is 468 g/mol. The lowest BCUT2D eigenvalue weighted by Gasteiger charge is -2.17. The van der Waals surface area contributed by atoms with Gasteiger partial charge in [0.05, 0.1) is 5.69 Å². The van der Waals surface area contributed by atoms with Crippen molar-refractivity contribution in [3.63, 3.8) is 0 Å². The lowest BCUT2D eigenvalue weighted by molar-refractivity contribution is -0.115. The van der Waals surface area contributed by atoms with Crippen LogP contribution in [0.15, 0.2) is 59.8 Å². The fourth-order valence-corrected chi connectivity index (χ4v) is 4.34. The van der Waals surface area contributed by atoms with Crippen LogP contribution in [0.25, 0.3) is 5.95 Å². The van der Waals surface area contributed by atoms with E-state index in [1.165, 1.54) is 16.4 Å². The molecule has 4 rings (SSSR count). The maximum absolute atomic E-state index is 13.3. The Bertz CT molecular complexity index is 1270.